The van der Waals surface area contributed by atoms with Crippen molar-refractivity contribution in [1.29, 1.82) is 0 Å². The fraction of sp³-hybridized carbons (Fsp3) is 0.824. The van der Waals surface area contributed by atoms with Crippen molar-refractivity contribution in [1.82, 2.24) is 20.3 Å². The van der Waals surface area contributed by atoms with Crippen LogP contribution in [0.15, 0.2) is 0 Å². The van der Waals surface area contributed by atoms with E-state index in [1.165, 1.54) is 4.90 Å². The van der Waals surface area contributed by atoms with E-state index in [1.54, 1.807) is 11.8 Å². The van der Waals surface area contributed by atoms with Crippen LogP contribution in [0, 0.1) is 0 Å². The normalized spacial score (nSPS) is 23.6. The minimum atomic E-state index is -0.698. The molecule has 0 saturated carbocycles. The smallest absolute Gasteiger partial charge is 0.410 e. The summed E-state index contributed by atoms with van der Waals surface area (Å²) < 4.78 is 5.40. The van der Waals surface area contributed by atoms with Gasteiger partial charge in [0.15, 0.2) is 0 Å². The minimum absolute atomic E-state index is 0.0858. The van der Waals surface area contributed by atoms with Crippen molar-refractivity contribution in [2.24, 2.45) is 0 Å². The van der Waals surface area contributed by atoms with Crippen LogP contribution in [0.2, 0.25) is 0 Å². The lowest BCUT2D eigenvalue weighted by Gasteiger charge is -2.37. The zero-order valence-electron chi connectivity index (χ0n) is 16.4. The molecule has 27 heavy (non-hydrogen) atoms. The van der Waals surface area contributed by atoms with Gasteiger partial charge in [0.05, 0.1) is 19.2 Å². The number of likely N-dealkylation sites (tertiary alicyclic amines) is 1. The van der Waals surface area contributed by atoms with Crippen molar-refractivity contribution in [3.63, 3.8) is 0 Å². The molecule has 0 aromatic heterocycles. The lowest BCUT2D eigenvalue weighted by Crippen LogP contribution is -2.58. The molecule has 2 aliphatic heterocycles. The summed E-state index contributed by atoms with van der Waals surface area (Å²) >= 11 is 0. The maximum absolute atomic E-state index is 12.4. The van der Waals surface area contributed by atoms with Gasteiger partial charge < -0.3 is 14.5 Å². The molecule has 0 radical (unpaired) electrons. The van der Waals surface area contributed by atoms with Crippen molar-refractivity contribution in [2.75, 3.05) is 26.2 Å². The second kappa shape index (κ2) is 8.75. The van der Waals surface area contributed by atoms with Crippen LogP contribution in [0.5, 0.6) is 0 Å². The molecular formula is C17H30N4O6. The summed E-state index contributed by atoms with van der Waals surface area (Å²) in [5.41, 5.74) is 1.80. The number of nitrogens with zero attached hydrogens (tertiary/aromatic N) is 3. The molecule has 2 aliphatic rings. The first-order valence-corrected chi connectivity index (χ1v) is 9.32. The molecule has 0 aliphatic carbocycles. The zero-order chi connectivity index (χ0) is 20.2. The van der Waals surface area contributed by atoms with Crippen LogP contribution >= 0.6 is 0 Å². The van der Waals surface area contributed by atoms with Crippen LogP contribution in [0.4, 0.5) is 9.59 Å². The highest BCUT2D eigenvalue weighted by Gasteiger charge is 2.37. The molecule has 2 N–H and O–H groups in total. The molecule has 0 aromatic carbocycles. The first kappa shape index (κ1) is 21.2. The summed E-state index contributed by atoms with van der Waals surface area (Å²) in [4.78, 5) is 44.8. The van der Waals surface area contributed by atoms with Gasteiger partial charge >= 0.3 is 12.1 Å². The molecule has 10 heteroatoms. The van der Waals surface area contributed by atoms with Crippen LogP contribution in [-0.2, 0) is 14.4 Å². The van der Waals surface area contributed by atoms with Gasteiger partial charge in [-0.3, -0.25) is 14.8 Å². The molecule has 4 amide bonds. The Balaban J connectivity index is 1.83. The number of hydrogen-bond donors (Lipinski definition) is 2. The fourth-order valence-corrected chi connectivity index (χ4v) is 3.25. The predicted octanol–water partition coefficient (Wildman–Crippen LogP) is 1.34. The maximum atomic E-state index is 12.4. The first-order chi connectivity index (χ1) is 12.6. The van der Waals surface area contributed by atoms with Crippen molar-refractivity contribution in [3.05, 3.63) is 0 Å². The van der Waals surface area contributed by atoms with Gasteiger partial charge in [0, 0.05) is 13.1 Å². The highest BCUT2D eigenvalue weighted by molar-refractivity contribution is 5.87. The van der Waals surface area contributed by atoms with Crippen LogP contribution < -0.4 is 5.48 Å². The Hall–Kier alpha value is -2.07. The first-order valence-electron chi connectivity index (χ1n) is 9.32. The summed E-state index contributed by atoms with van der Waals surface area (Å²) in [5, 5.41) is 10.1. The Kier molecular flexibility index (Phi) is 6.88. The molecule has 2 fully saturated rings. The van der Waals surface area contributed by atoms with E-state index < -0.39 is 29.7 Å². The summed E-state index contributed by atoms with van der Waals surface area (Å²) in [6.07, 6.45) is 1.52. The second-order valence-electron chi connectivity index (χ2n) is 7.74. The summed E-state index contributed by atoms with van der Waals surface area (Å²) in [5.74, 6) is -0.444. The quantitative estimate of drug-likeness (QED) is 0.545. The van der Waals surface area contributed by atoms with Crippen molar-refractivity contribution < 1.29 is 29.2 Å². The lowest BCUT2D eigenvalue weighted by atomic mass is 10.1. The number of carbonyl (C=O) groups is 3. The van der Waals surface area contributed by atoms with Crippen LogP contribution in [0.1, 0.15) is 47.0 Å². The Morgan fingerprint density at radius 3 is 2.59 bits per heavy atom. The van der Waals surface area contributed by atoms with Gasteiger partial charge in [0.1, 0.15) is 11.6 Å². The third-order valence-corrected chi connectivity index (χ3v) is 4.55. The number of nitrogens with one attached hydrogen (secondary N) is 1. The highest BCUT2D eigenvalue weighted by Crippen LogP contribution is 2.21. The third kappa shape index (κ3) is 5.46. The maximum Gasteiger partial charge on any atom is 0.410 e. The van der Waals surface area contributed by atoms with Gasteiger partial charge in [-0.15, -0.1) is 0 Å². The molecule has 0 bridgehead atoms. The summed E-state index contributed by atoms with van der Waals surface area (Å²) in [6.45, 7) is 8.27. The number of likely N-dealkylation sites (N-methyl/N-ethyl adjacent to an activating group) is 1. The Morgan fingerprint density at radius 2 is 1.96 bits per heavy atom. The Labute approximate surface area is 159 Å². The average molecular weight is 386 g/mol. The number of ether oxygens (including phenoxy) is 1. The minimum Gasteiger partial charge on any atom is -0.444 e. The van der Waals surface area contributed by atoms with Crippen molar-refractivity contribution >= 4 is 18.0 Å². The molecular weight excluding hydrogens is 356 g/mol. The Morgan fingerprint density at radius 1 is 1.26 bits per heavy atom. The van der Waals surface area contributed by atoms with E-state index in [4.69, 9.17) is 9.57 Å². The number of carbonyl (C=O) groups excluding carboxylic acids is 3. The van der Waals surface area contributed by atoms with E-state index >= 15 is 0 Å². The van der Waals surface area contributed by atoms with Crippen LogP contribution in [0.25, 0.3) is 0 Å². The summed E-state index contributed by atoms with van der Waals surface area (Å²) in [7, 11) is 0. The predicted molar refractivity (Wildman–Crippen MR) is 94.7 cm³/mol. The molecule has 2 heterocycles. The van der Waals surface area contributed by atoms with Crippen molar-refractivity contribution in [2.45, 2.75) is 64.6 Å². The lowest BCUT2D eigenvalue weighted by molar-refractivity contribution is -0.144. The van der Waals surface area contributed by atoms with Gasteiger partial charge in [-0.1, -0.05) is 0 Å². The van der Waals surface area contributed by atoms with E-state index in [-0.39, 0.29) is 19.2 Å². The standard InChI is InChI=1S/C17H30N4O6/c1-5-19-13(8-10-21(25)15(19)23)14(22)18-26-11-12-7-6-9-20(12)16(24)27-17(2,3)4/h12-13,25H,5-11H2,1-4H3,(H,18,22)/t12-,13-/m0/s1. The topological polar surface area (TPSA) is 112 Å². The Bertz CT molecular complexity index is 564. The number of hydrogen-bond acceptors (Lipinski definition) is 6. The molecule has 2 saturated heterocycles. The molecule has 10 nitrogen and oxygen atoms in total. The number of amides is 4. The van der Waals surface area contributed by atoms with Gasteiger partial charge in [0.25, 0.3) is 5.91 Å². The fourth-order valence-electron chi connectivity index (χ4n) is 3.25. The SMILES string of the molecule is CCN1C(=O)N(O)CC[C@H]1C(=O)NOC[C@@H]1CCCN1C(=O)OC(C)(C)C. The van der Waals surface area contributed by atoms with Crippen LogP contribution in [0.3, 0.4) is 0 Å². The van der Waals surface area contributed by atoms with Gasteiger partial charge in [0.2, 0.25) is 0 Å². The number of hydroxylamine groups is 3. The molecule has 0 spiro atoms. The highest BCUT2D eigenvalue weighted by atomic mass is 16.7. The van der Waals surface area contributed by atoms with Crippen molar-refractivity contribution in [3.8, 4) is 0 Å². The molecule has 2 atom stereocenters. The second-order valence-corrected chi connectivity index (χ2v) is 7.74. The molecule has 2 rings (SSSR count). The van der Waals surface area contributed by atoms with Gasteiger partial charge in [-0.25, -0.2) is 20.1 Å². The van der Waals surface area contributed by atoms with E-state index in [0.717, 1.165) is 12.8 Å². The van der Waals surface area contributed by atoms with E-state index in [1.807, 2.05) is 20.8 Å². The number of urea groups is 1. The largest absolute Gasteiger partial charge is 0.444 e. The van der Waals surface area contributed by atoms with E-state index in [0.29, 0.717) is 24.6 Å². The third-order valence-electron chi connectivity index (χ3n) is 4.55. The van der Waals surface area contributed by atoms with E-state index in [2.05, 4.69) is 5.48 Å². The summed E-state index contributed by atoms with van der Waals surface area (Å²) in [6, 6.07) is -1.48. The molecule has 154 valence electrons. The number of rotatable bonds is 5. The van der Waals surface area contributed by atoms with Gasteiger partial charge in [-0.2, -0.15) is 0 Å². The van der Waals surface area contributed by atoms with Crippen LogP contribution in [-0.4, -0.2) is 82.0 Å². The average Bonchev–Trinajstić information content (AvgIpc) is 3.04. The molecule has 0 unspecified atom stereocenters. The monoisotopic (exact) mass is 386 g/mol. The van der Waals surface area contributed by atoms with Gasteiger partial charge in [-0.05, 0) is 47.0 Å². The van der Waals surface area contributed by atoms with E-state index in [9.17, 15) is 19.6 Å². The zero-order valence-corrected chi connectivity index (χ0v) is 16.4. The molecule has 0 aromatic rings.